The normalized spacial score (nSPS) is 10.7. The molecule has 0 aliphatic rings. The Morgan fingerprint density at radius 2 is 1.86 bits per heavy atom. The molecule has 0 saturated carbocycles. The van der Waals surface area contributed by atoms with Crippen LogP contribution in [0.15, 0.2) is 58.4 Å². The van der Waals surface area contributed by atoms with Gasteiger partial charge in [0.25, 0.3) is 5.91 Å². The molecule has 1 aromatic carbocycles. The summed E-state index contributed by atoms with van der Waals surface area (Å²) in [5.74, 6) is 0.196. The van der Waals surface area contributed by atoms with Crippen LogP contribution in [0.5, 0.6) is 10.8 Å². The monoisotopic (exact) mass is 507 g/mol. The van der Waals surface area contributed by atoms with E-state index in [0.717, 1.165) is 20.0 Å². The number of nitrogens with zero attached hydrogens (tertiary/aromatic N) is 2. The van der Waals surface area contributed by atoms with Crippen LogP contribution in [0.2, 0.25) is 0 Å². The van der Waals surface area contributed by atoms with Gasteiger partial charge in [0, 0.05) is 6.07 Å². The summed E-state index contributed by atoms with van der Waals surface area (Å²) in [4.78, 5) is 28.4. The van der Waals surface area contributed by atoms with Gasteiger partial charge in [0.15, 0.2) is 5.13 Å². The zero-order valence-electron chi connectivity index (χ0n) is 14.3. The highest BCUT2D eigenvalue weighted by molar-refractivity contribution is 9.11. The van der Waals surface area contributed by atoms with Crippen LogP contribution in [-0.2, 0) is 0 Å². The zero-order chi connectivity index (χ0) is 20.4. The van der Waals surface area contributed by atoms with Crippen molar-refractivity contribution in [2.24, 2.45) is 0 Å². The van der Waals surface area contributed by atoms with E-state index in [2.05, 4.69) is 26.2 Å². The maximum atomic E-state index is 12.5. The molecule has 4 rings (SSSR count). The number of amides is 1. The summed E-state index contributed by atoms with van der Waals surface area (Å²) in [6, 6.07) is 15.8. The van der Waals surface area contributed by atoms with Crippen molar-refractivity contribution in [3.05, 3.63) is 73.4 Å². The number of benzene rings is 1. The highest BCUT2D eigenvalue weighted by atomic mass is 79.9. The Kier molecular flexibility index (Phi) is 5.72. The highest BCUT2D eigenvalue weighted by Crippen LogP contribution is 2.43. The number of thiazole rings is 1. The van der Waals surface area contributed by atoms with Crippen molar-refractivity contribution in [2.45, 2.75) is 0 Å². The summed E-state index contributed by atoms with van der Waals surface area (Å²) < 4.78 is 6.93. The number of para-hydroxylation sites is 1. The van der Waals surface area contributed by atoms with E-state index in [1.54, 1.807) is 0 Å². The Bertz CT molecular complexity index is 1190. The molecule has 11 heteroatoms. The topological polar surface area (TPSA) is 94.4 Å². The number of anilines is 1. The fraction of sp³-hybridized carbons (Fsp3) is 0. The molecule has 0 radical (unpaired) electrons. The van der Waals surface area contributed by atoms with Gasteiger partial charge in [-0.3, -0.25) is 20.2 Å². The molecule has 0 aliphatic heterocycles. The number of nitrogens with one attached hydrogen (secondary N) is 1. The van der Waals surface area contributed by atoms with Crippen LogP contribution >= 0.6 is 49.9 Å². The number of carbonyl (C=O) groups excluding carboxylic acids is 1. The van der Waals surface area contributed by atoms with Crippen LogP contribution in [0.4, 0.5) is 10.1 Å². The maximum Gasteiger partial charge on any atom is 0.324 e. The zero-order valence-corrected chi connectivity index (χ0v) is 18.4. The molecule has 0 bridgehead atoms. The Morgan fingerprint density at radius 3 is 2.52 bits per heavy atom. The Balaban J connectivity index is 1.63. The van der Waals surface area contributed by atoms with Gasteiger partial charge in [-0.15, -0.1) is 11.3 Å². The van der Waals surface area contributed by atoms with Crippen molar-refractivity contribution >= 4 is 66.0 Å². The average molecular weight is 508 g/mol. The SMILES string of the molecule is O=C(Nc1nc(-c2ccc(Br)s2)c(Oc2ccccc2)s1)c1ccc([N+](=O)[O-])s1. The first-order valence-electron chi connectivity index (χ1n) is 8.04. The van der Waals surface area contributed by atoms with E-state index in [9.17, 15) is 14.9 Å². The smallest absolute Gasteiger partial charge is 0.324 e. The molecule has 3 heterocycles. The standard InChI is InChI=1S/C18H10BrN3O4S3/c19-13-8-6-11(27-13)15-17(26-10-4-2-1-3-5-10)29-18(20-15)21-16(23)12-7-9-14(28-12)22(24)25/h1-9H,(H,20,21,23). The lowest BCUT2D eigenvalue weighted by Gasteiger charge is -2.03. The van der Waals surface area contributed by atoms with Gasteiger partial charge < -0.3 is 4.74 Å². The van der Waals surface area contributed by atoms with Crippen molar-refractivity contribution in [1.82, 2.24) is 4.98 Å². The lowest BCUT2D eigenvalue weighted by molar-refractivity contribution is -0.380. The molecular weight excluding hydrogens is 498 g/mol. The van der Waals surface area contributed by atoms with Crippen LogP contribution in [0.1, 0.15) is 9.67 Å². The van der Waals surface area contributed by atoms with Crippen molar-refractivity contribution in [2.75, 3.05) is 5.32 Å². The van der Waals surface area contributed by atoms with Crippen molar-refractivity contribution in [1.29, 1.82) is 0 Å². The van der Waals surface area contributed by atoms with E-state index in [1.165, 1.54) is 34.8 Å². The quantitative estimate of drug-likeness (QED) is 0.233. The molecule has 4 aromatic rings. The second-order valence-corrected chi connectivity index (χ2v) is 10.0. The summed E-state index contributed by atoms with van der Waals surface area (Å²) in [6.45, 7) is 0. The number of carbonyl (C=O) groups is 1. The Morgan fingerprint density at radius 1 is 1.07 bits per heavy atom. The second-order valence-electron chi connectivity index (χ2n) is 5.52. The predicted molar refractivity (Wildman–Crippen MR) is 119 cm³/mol. The Labute approximate surface area is 184 Å². The fourth-order valence-electron chi connectivity index (χ4n) is 2.33. The van der Waals surface area contributed by atoms with Gasteiger partial charge in [-0.05, 0) is 46.3 Å². The molecule has 0 aliphatic carbocycles. The van der Waals surface area contributed by atoms with Gasteiger partial charge in [0.1, 0.15) is 11.4 Å². The lowest BCUT2D eigenvalue weighted by atomic mass is 10.3. The molecule has 3 aromatic heterocycles. The molecule has 1 amide bonds. The third-order valence-corrected chi connectivity index (χ3v) is 7.09. The molecule has 0 saturated heterocycles. The molecule has 29 heavy (non-hydrogen) atoms. The number of aromatic nitrogens is 1. The van der Waals surface area contributed by atoms with Gasteiger partial charge in [-0.1, -0.05) is 40.9 Å². The molecule has 0 spiro atoms. The summed E-state index contributed by atoms with van der Waals surface area (Å²) in [7, 11) is 0. The molecule has 1 N–H and O–H groups in total. The first-order valence-corrected chi connectivity index (χ1v) is 11.3. The maximum absolute atomic E-state index is 12.5. The number of rotatable bonds is 6. The number of nitro groups is 1. The average Bonchev–Trinajstić information content (AvgIpc) is 3.42. The van der Waals surface area contributed by atoms with E-state index < -0.39 is 10.8 Å². The van der Waals surface area contributed by atoms with Crippen LogP contribution in [0, 0.1) is 10.1 Å². The van der Waals surface area contributed by atoms with E-state index in [-0.39, 0.29) is 9.88 Å². The minimum absolute atomic E-state index is 0.0912. The lowest BCUT2D eigenvalue weighted by Crippen LogP contribution is -2.09. The molecule has 0 atom stereocenters. The van der Waals surface area contributed by atoms with E-state index in [4.69, 9.17) is 4.74 Å². The minimum Gasteiger partial charge on any atom is -0.444 e. The predicted octanol–water partition coefficient (Wildman–Crippen LogP) is 6.65. The van der Waals surface area contributed by atoms with Crippen molar-refractivity contribution < 1.29 is 14.5 Å². The summed E-state index contributed by atoms with van der Waals surface area (Å²) in [6.07, 6.45) is 0. The van der Waals surface area contributed by atoms with Crippen LogP contribution in [-0.4, -0.2) is 15.8 Å². The third kappa shape index (κ3) is 4.53. The van der Waals surface area contributed by atoms with Gasteiger partial charge in [-0.2, -0.15) is 0 Å². The number of ether oxygens (including phenoxy) is 1. The Hall–Kier alpha value is -2.60. The van der Waals surface area contributed by atoms with E-state index in [0.29, 0.717) is 21.6 Å². The first-order chi connectivity index (χ1) is 14.0. The van der Waals surface area contributed by atoms with Gasteiger partial charge in [0.05, 0.1) is 18.5 Å². The van der Waals surface area contributed by atoms with Crippen molar-refractivity contribution in [3.63, 3.8) is 0 Å². The first kappa shape index (κ1) is 19.7. The van der Waals surface area contributed by atoms with Crippen LogP contribution in [0.3, 0.4) is 0 Å². The number of halogens is 1. The second kappa shape index (κ2) is 8.41. The minimum atomic E-state index is -0.524. The molecule has 0 fully saturated rings. The summed E-state index contributed by atoms with van der Waals surface area (Å²) in [5, 5.41) is 14.3. The van der Waals surface area contributed by atoms with Crippen LogP contribution in [0.25, 0.3) is 10.6 Å². The molecular formula is C18H10BrN3O4S3. The van der Waals surface area contributed by atoms with Crippen LogP contribution < -0.4 is 10.1 Å². The third-order valence-electron chi connectivity index (χ3n) is 3.57. The molecule has 7 nitrogen and oxygen atoms in total. The largest absolute Gasteiger partial charge is 0.444 e. The van der Waals surface area contributed by atoms with Gasteiger partial charge in [0.2, 0.25) is 5.06 Å². The number of thiophene rings is 2. The van der Waals surface area contributed by atoms with E-state index in [1.807, 2.05) is 42.5 Å². The molecule has 146 valence electrons. The number of hydrogen-bond donors (Lipinski definition) is 1. The fourth-order valence-corrected chi connectivity index (χ4v) is 5.33. The number of hydrogen-bond acceptors (Lipinski definition) is 8. The summed E-state index contributed by atoms with van der Waals surface area (Å²) >= 11 is 6.94. The van der Waals surface area contributed by atoms with Gasteiger partial charge in [-0.25, -0.2) is 4.98 Å². The molecule has 0 unspecified atom stereocenters. The highest BCUT2D eigenvalue weighted by Gasteiger charge is 2.21. The van der Waals surface area contributed by atoms with E-state index >= 15 is 0 Å². The summed E-state index contributed by atoms with van der Waals surface area (Å²) in [5.41, 5.74) is 0.613. The van der Waals surface area contributed by atoms with Crippen molar-refractivity contribution in [3.8, 4) is 21.4 Å². The van der Waals surface area contributed by atoms with Gasteiger partial charge >= 0.3 is 5.00 Å².